The van der Waals surface area contributed by atoms with Crippen LogP contribution in [-0.4, -0.2) is 24.6 Å². The van der Waals surface area contributed by atoms with Gasteiger partial charge in [-0.05, 0) is 61.3 Å². The lowest BCUT2D eigenvalue weighted by Gasteiger charge is -2.55. The fraction of sp³-hybridized carbons (Fsp3) is 0.762. The monoisotopic (exact) mass is 344 g/mol. The average Bonchev–Trinajstić information content (AvgIpc) is 2.95. The summed E-state index contributed by atoms with van der Waals surface area (Å²) in [5.74, 6) is 0.928. The number of carbonyl (C=O) groups excluding carboxylic acids is 3. The number of hydrogen-bond donors (Lipinski definition) is 0. The van der Waals surface area contributed by atoms with Crippen LogP contribution in [0.15, 0.2) is 11.6 Å². The lowest BCUT2D eigenvalue weighted by molar-refractivity contribution is -0.154. The molecule has 4 nitrogen and oxygen atoms in total. The van der Waals surface area contributed by atoms with E-state index in [1.54, 1.807) is 0 Å². The molecule has 136 valence electrons. The Kier molecular flexibility index (Phi) is 3.75. The van der Waals surface area contributed by atoms with E-state index in [9.17, 15) is 14.4 Å². The highest BCUT2D eigenvalue weighted by Crippen LogP contribution is 2.64. The van der Waals surface area contributed by atoms with Crippen molar-refractivity contribution < 1.29 is 19.1 Å². The molecule has 0 aromatic rings. The van der Waals surface area contributed by atoms with Crippen molar-refractivity contribution in [1.29, 1.82) is 0 Å². The van der Waals surface area contributed by atoms with E-state index in [2.05, 4.69) is 6.92 Å². The second-order valence-electron chi connectivity index (χ2n) is 9.05. The maximum Gasteiger partial charge on any atom is 0.309 e. The Hall–Kier alpha value is -1.45. The minimum Gasteiger partial charge on any atom is -0.469 e. The fourth-order valence-corrected chi connectivity index (χ4v) is 6.64. The van der Waals surface area contributed by atoms with Crippen molar-refractivity contribution in [2.24, 2.45) is 34.5 Å². The molecule has 0 saturated heterocycles. The van der Waals surface area contributed by atoms with E-state index in [4.69, 9.17) is 4.74 Å². The highest BCUT2D eigenvalue weighted by Gasteiger charge is 2.62. The van der Waals surface area contributed by atoms with Crippen molar-refractivity contribution in [1.82, 2.24) is 0 Å². The summed E-state index contributed by atoms with van der Waals surface area (Å²) in [6.07, 6.45) is 7.83. The average molecular weight is 344 g/mol. The van der Waals surface area contributed by atoms with Gasteiger partial charge in [0, 0.05) is 18.3 Å². The van der Waals surface area contributed by atoms with Gasteiger partial charge in [-0.1, -0.05) is 19.4 Å². The van der Waals surface area contributed by atoms with Gasteiger partial charge in [0.1, 0.15) is 5.78 Å². The van der Waals surface area contributed by atoms with E-state index < -0.39 is 5.41 Å². The second kappa shape index (κ2) is 5.52. The van der Waals surface area contributed by atoms with Crippen molar-refractivity contribution in [3.8, 4) is 0 Å². The quantitative estimate of drug-likeness (QED) is 0.683. The molecular weight excluding hydrogens is 316 g/mol. The largest absolute Gasteiger partial charge is 0.469 e. The lowest BCUT2D eigenvalue weighted by atomic mass is 9.48. The zero-order chi connectivity index (χ0) is 18.0. The van der Waals surface area contributed by atoms with Crippen LogP contribution in [0.2, 0.25) is 0 Å². The zero-order valence-electron chi connectivity index (χ0n) is 15.5. The molecule has 0 heterocycles. The summed E-state index contributed by atoms with van der Waals surface area (Å²) in [6.45, 7) is 4.26. The topological polar surface area (TPSA) is 60.4 Å². The third kappa shape index (κ3) is 2.15. The molecule has 6 unspecified atom stereocenters. The summed E-state index contributed by atoms with van der Waals surface area (Å²) < 4.78 is 5.00. The highest BCUT2D eigenvalue weighted by molar-refractivity contribution is 6.00. The molecule has 0 aromatic heterocycles. The molecule has 0 spiro atoms. The maximum atomic E-state index is 13.2. The number of ether oxygens (including phenoxy) is 1. The van der Waals surface area contributed by atoms with E-state index in [1.807, 2.05) is 13.0 Å². The first kappa shape index (κ1) is 17.0. The third-order valence-electron chi connectivity index (χ3n) is 8.23. The molecule has 4 aliphatic carbocycles. The Balaban J connectivity index is 1.75. The Labute approximate surface area is 149 Å². The van der Waals surface area contributed by atoms with Crippen LogP contribution in [0.5, 0.6) is 0 Å². The molecular formula is C21H28O4. The van der Waals surface area contributed by atoms with Crippen LogP contribution >= 0.6 is 0 Å². The molecule has 0 radical (unpaired) electrons. The predicted octanol–water partition coefficient (Wildman–Crippen LogP) is 3.49. The van der Waals surface area contributed by atoms with Gasteiger partial charge in [-0.15, -0.1) is 0 Å². The summed E-state index contributed by atoms with van der Waals surface area (Å²) in [6, 6.07) is 0. The van der Waals surface area contributed by atoms with Gasteiger partial charge in [0.05, 0.1) is 13.0 Å². The van der Waals surface area contributed by atoms with Crippen LogP contribution < -0.4 is 0 Å². The molecule has 0 bridgehead atoms. The van der Waals surface area contributed by atoms with Gasteiger partial charge in [0.15, 0.2) is 5.78 Å². The number of Topliss-reactive ketones (excluding diaryl/α,β-unsaturated/α-hetero) is 1. The fourth-order valence-electron chi connectivity index (χ4n) is 6.64. The smallest absolute Gasteiger partial charge is 0.309 e. The number of hydrogen-bond acceptors (Lipinski definition) is 4. The Morgan fingerprint density at radius 1 is 1.16 bits per heavy atom. The number of esters is 1. The van der Waals surface area contributed by atoms with E-state index in [0.717, 1.165) is 32.1 Å². The first-order valence-corrected chi connectivity index (χ1v) is 9.68. The van der Waals surface area contributed by atoms with E-state index in [-0.39, 0.29) is 29.0 Å². The van der Waals surface area contributed by atoms with Crippen molar-refractivity contribution >= 4 is 17.5 Å². The van der Waals surface area contributed by atoms with Crippen LogP contribution in [0.25, 0.3) is 0 Å². The van der Waals surface area contributed by atoms with Gasteiger partial charge in [0.25, 0.3) is 0 Å². The van der Waals surface area contributed by atoms with Crippen LogP contribution in [0.4, 0.5) is 0 Å². The molecule has 4 aliphatic rings. The first-order valence-electron chi connectivity index (χ1n) is 9.68. The summed E-state index contributed by atoms with van der Waals surface area (Å²) in [5, 5.41) is 0. The minimum absolute atomic E-state index is 0.0167. The zero-order valence-corrected chi connectivity index (χ0v) is 15.5. The Bertz CT molecular complexity index is 677. The van der Waals surface area contributed by atoms with Crippen molar-refractivity contribution in [3.63, 3.8) is 0 Å². The molecule has 4 rings (SSSR count). The maximum absolute atomic E-state index is 13.2. The van der Waals surface area contributed by atoms with E-state index in [0.29, 0.717) is 30.5 Å². The number of methoxy groups -OCH3 is 1. The lowest BCUT2D eigenvalue weighted by Crippen LogP contribution is -2.52. The van der Waals surface area contributed by atoms with Crippen molar-refractivity contribution in [2.45, 2.75) is 58.8 Å². The summed E-state index contributed by atoms with van der Waals surface area (Å²) in [4.78, 5) is 37.4. The van der Waals surface area contributed by atoms with Crippen LogP contribution in [-0.2, 0) is 19.1 Å². The SMILES string of the molecule is COC(=O)C1CCC2C3CCC4CC(=O)CCC4(C)C3=CC(=O)C12C. The van der Waals surface area contributed by atoms with Gasteiger partial charge in [-0.3, -0.25) is 14.4 Å². The highest BCUT2D eigenvalue weighted by atomic mass is 16.5. The molecule has 3 fully saturated rings. The number of fused-ring (bicyclic) bond motifs is 5. The molecule has 0 aliphatic heterocycles. The molecule has 4 heteroatoms. The van der Waals surface area contributed by atoms with E-state index in [1.165, 1.54) is 12.7 Å². The van der Waals surface area contributed by atoms with Crippen LogP contribution in [0.3, 0.4) is 0 Å². The van der Waals surface area contributed by atoms with Crippen LogP contribution in [0, 0.1) is 34.5 Å². The first-order chi connectivity index (χ1) is 11.8. The molecule has 6 atom stereocenters. The van der Waals surface area contributed by atoms with Crippen molar-refractivity contribution in [2.75, 3.05) is 7.11 Å². The molecule has 0 N–H and O–H groups in total. The van der Waals surface area contributed by atoms with Gasteiger partial charge in [0.2, 0.25) is 0 Å². The summed E-state index contributed by atoms with van der Waals surface area (Å²) in [5.41, 5.74) is 0.654. The van der Waals surface area contributed by atoms with Crippen LogP contribution in [0.1, 0.15) is 58.8 Å². The minimum atomic E-state index is -0.616. The Morgan fingerprint density at radius 3 is 2.64 bits per heavy atom. The van der Waals surface area contributed by atoms with E-state index >= 15 is 0 Å². The van der Waals surface area contributed by atoms with Gasteiger partial charge in [-0.2, -0.15) is 0 Å². The number of allylic oxidation sites excluding steroid dienone is 2. The summed E-state index contributed by atoms with van der Waals surface area (Å²) >= 11 is 0. The molecule has 25 heavy (non-hydrogen) atoms. The number of rotatable bonds is 1. The number of ketones is 2. The molecule has 3 saturated carbocycles. The standard InChI is InChI=1S/C21H28O4/c1-20-9-8-13(22)10-12(20)4-5-14-15-6-7-16(19(24)25-3)21(15,2)18(23)11-17(14)20/h11-12,14-16H,4-10H2,1-3H3. The number of carbonyl (C=O) groups is 3. The third-order valence-corrected chi connectivity index (χ3v) is 8.23. The summed E-state index contributed by atoms with van der Waals surface area (Å²) in [7, 11) is 1.42. The van der Waals surface area contributed by atoms with Gasteiger partial charge >= 0.3 is 5.97 Å². The second-order valence-corrected chi connectivity index (χ2v) is 9.05. The van der Waals surface area contributed by atoms with Gasteiger partial charge < -0.3 is 4.74 Å². The predicted molar refractivity (Wildman–Crippen MR) is 92.6 cm³/mol. The molecule has 0 aromatic carbocycles. The Morgan fingerprint density at radius 2 is 1.92 bits per heavy atom. The normalized spacial score (nSPS) is 46.0. The molecule has 0 amide bonds. The van der Waals surface area contributed by atoms with Crippen molar-refractivity contribution in [3.05, 3.63) is 11.6 Å². The van der Waals surface area contributed by atoms with Gasteiger partial charge in [-0.25, -0.2) is 0 Å².